The monoisotopic (exact) mass is 479 g/mol. The number of alkyl halides is 2. The molecule has 0 saturated heterocycles. The largest absolute Gasteiger partial charge is 0.488 e. The van der Waals surface area contributed by atoms with E-state index in [1.54, 1.807) is 29.1 Å². The molecule has 2 aromatic rings. The van der Waals surface area contributed by atoms with E-state index >= 15 is 0 Å². The van der Waals surface area contributed by atoms with Crippen molar-refractivity contribution in [3.05, 3.63) is 47.8 Å². The van der Waals surface area contributed by atoms with Gasteiger partial charge in [-0.25, -0.2) is 13.8 Å². The van der Waals surface area contributed by atoms with Gasteiger partial charge in [0, 0.05) is 19.8 Å². The summed E-state index contributed by atoms with van der Waals surface area (Å²) in [5.41, 5.74) is 1.91. The summed E-state index contributed by atoms with van der Waals surface area (Å²) < 4.78 is 31.3. The van der Waals surface area contributed by atoms with Crippen molar-refractivity contribution in [3.63, 3.8) is 0 Å². The molecule has 9 heteroatoms. The molecule has 1 heterocycles. The van der Waals surface area contributed by atoms with Gasteiger partial charge in [-0.15, -0.1) is 24.0 Å². The summed E-state index contributed by atoms with van der Waals surface area (Å²) in [5.74, 6) is 1.09. The van der Waals surface area contributed by atoms with Crippen LogP contribution < -0.4 is 15.4 Å². The molecule has 0 radical (unpaired) electrons. The maximum Gasteiger partial charge on any atom is 0.272 e. The fourth-order valence-corrected chi connectivity index (χ4v) is 2.15. The van der Waals surface area contributed by atoms with Crippen LogP contribution in [0, 0.1) is 0 Å². The van der Waals surface area contributed by atoms with Crippen LogP contribution in [-0.4, -0.2) is 35.3 Å². The number of aromatic nitrogens is 2. The Labute approximate surface area is 169 Å². The number of hydrogen-bond acceptors (Lipinski definition) is 3. The zero-order valence-corrected chi connectivity index (χ0v) is 17.1. The number of aryl methyl sites for hydroxylation is 1. The number of nitrogens with zero attached hydrogens (tertiary/aromatic N) is 3. The molecule has 0 unspecified atom stereocenters. The number of ether oxygens (including phenoxy) is 1. The Morgan fingerprint density at radius 3 is 2.77 bits per heavy atom. The second kappa shape index (κ2) is 11.7. The zero-order chi connectivity index (χ0) is 18.1. The molecule has 144 valence electrons. The molecular weight excluding hydrogens is 455 g/mol. The van der Waals surface area contributed by atoms with Crippen molar-refractivity contribution in [2.75, 3.05) is 13.2 Å². The Morgan fingerprint density at radius 1 is 1.31 bits per heavy atom. The SMILES string of the molecule is CCNC(=NCc1cccc(OCC(F)F)c1)NCc1ccnn1C.I. The van der Waals surface area contributed by atoms with Crippen LogP contribution in [0.4, 0.5) is 8.78 Å². The van der Waals surface area contributed by atoms with Gasteiger partial charge in [-0.1, -0.05) is 12.1 Å². The molecule has 2 rings (SSSR count). The van der Waals surface area contributed by atoms with Crippen molar-refractivity contribution in [2.24, 2.45) is 12.0 Å². The standard InChI is InChI=1S/C17H23F2N5O.HI/c1-3-20-17(22-11-14-7-8-23-24(14)2)21-10-13-5-4-6-15(9-13)25-12-16(18)19;/h4-9,16H,3,10-12H2,1-2H3,(H2,20,21,22);1H. The van der Waals surface area contributed by atoms with Crippen LogP contribution in [0.25, 0.3) is 0 Å². The lowest BCUT2D eigenvalue weighted by atomic mass is 10.2. The van der Waals surface area contributed by atoms with Gasteiger partial charge >= 0.3 is 0 Å². The molecule has 0 saturated carbocycles. The summed E-state index contributed by atoms with van der Waals surface area (Å²) in [6.07, 6.45) is -0.746. The molecule has 1 aromatic heterocycles. The molecule has 26 heavy (non-hydrogen) atoms. The average molecular weight is 479 g/mol. The number of rotatable bonds is 8. The van der Waals surface area contributed by atoms with E-state index in [4.69, 9.17) is 4.74 Å². The molecule has 0 fully saturated rings. The maximum atomic E-state index is 12.2. The number of guanidine groups is 1. The fraction of sp³-hybridized carbons (Fsp3) is 0.412. The first-order chi connectivity index (χ1) is 12.1. The summed E-state index contributed by atoms with van der Waals surface area (Å²) in [4.78, 5) is 4.51. The summed E-state index contributed by atoms with van der Waals surface area (Å²) >= 11 is 0. The van der Waals surface area contributed by atoms with E-state index in [1.165, 1.54) is 0 Å². The molecule has 0 spiro atoms. The second-order valence-corrected chi connectivity index (χ2v) is 5.34. The van der Waals surface area contributed by atoms with Gasteiger partial charge in [0.1, 0.15) is 12.4 Å². The summed E-state index contributed by atoms with van der Waals surface area (Å²) in [6.45, 7) is 3.11. The maximum absolute atomic E-state index is 12.2. The highest BCUT2D eigenvalue weighted by molar-refractivity contribution is 14.0. The Hall–Kier alpha value is -1.91. The number of hydrogen-bond donors (Lipinski definition) is 2. The number of nitrogens with one attached hydrogen (secondary N) is 2. The lowest BCUT2D eigenvalue weighted by Crippen LogP contribution is -2.37. The van der Waals surface area contributed by atoms with E-state index in [0.29, 0.717) is 24.8 Å². The lowest BCUT2D eigenvalue weighted by Gasteiger charge is -2.12. The Balaban J connectivity index is 0.00000338. The predicted octanol–water partition coefficient (Wildman–Crippen LogP) is 2.94. The van der Waals surface area contributed by atoms with Gasteiger partial charge in [-0.05, 0) is 30.7 Å². The fourth-order valence-electron chi connectivity index (χ4n) is 2.15. The van der Waals surface area contributed by atoms with E-state index in [0.717, 1.165) is 17.8 Å². The molecule has 0 atom stereocenters. The van der Waals surface area contributed by atoms with Crippen molar-refractivity contribution in [3.8, 4) is 5.75 Å². The van der Waals surface area contributed by atoms with Gasteiger partial charge in [-0.3, -0.25) is 4.68 Å². The first-order valence-electron chi connectivity index (χ1n) is 8.07. The summed E-state index contributed by atoms with van der Waals surface area (Å²) in [6, 6.07) is 8.95. The Bertz CT molecular complexity index is 693. The smallest absolute Gasteiger partial charge is 0.272 e. The second-order valence-electron chi connectivity index (χ2n) is 5.34. The van der Waals surface area contributed by atoms with Crippen LogP contribution in [0.1, 0.15) is 18.2 Å². The molecule has 6 nitrogen and oxygen atoms in total. The van der Waals surface area contributed by atoms with Crippen LogP contribution in [0.3, 0.4) is 0 Å². The van der Waals surface area contributed by atoms with E-state index < -0.39 is 13.0 Å². The minimum atomic E-state index is -2.49. The highest BCUT2D eigenvalue weighted by atomic mass is 127. The van der Waals surface area contributed by atoms with Gasteiger partial charge in [0.2, 0.25) is 0 Å². The lowest BCUT2D eigenvalue weighted by molar-refractivity contribution is 0.0818. The van der Waals surface area contributed by atoms with Crippen LogP contribution in [0.15, 0.2) is 41.5 Å². The third-order valence-electron chi connectivity index (χ3n) is 3.40. The van der Waals surface area contributed by atoms with Crippen LogP contribution in [-0.2, 0) is 20.1 Å². The molecule has 0 aliphatic rings. The number of halogens is 3. The van der Waals surface area contributed by atoms with Crippen LogP contribution >= 0.6 is 24.0 Å². The van der Waals surface area contributed by atoms with Crippen molar-refractivity contribution < 1.29 is 13.5 Å². The van der Waals surface area contributed by atoms with Gasteiger partial charge in [0.15, 0.2) is 5.96 Å². The summed E-state index contributed by atoms with van der Waals surface area (Å²) in [5, 5.41) is 10.5. The van der Waals surface area contributed by atoms with Gasteiger partial charge < -0.3 is 15.4 Å². The molecule has 1 aromatic carbocycles. The highest BCUT2D eigenvalue weighted by Crippen LogP contribution is 2.15. The zero-order valence-electron chi connectivity index (χ0n) is 14.8. The first-order valence-corrected chi connectivity index (χ1v) is 8.07. The van der Waals surface area contributed by atoms with Crippen molar-refractivity contribution in [1.82, 2.24) is 20.4 Å². The van der Waals surface area contributed by atoms with Gasteiger partial charge in [0.25, 0.3) is 6.43 Å². The van der Waals surface area contributed by atoms with E-state index in [-0.39, 0.29) is 24.0 Å². The van der Waals surface area contributed by atoms with Crippen molar-refractivity contribution in [1.29, 1.82) is 0 Å². The van der Waals surface area contributed by atoms with Crippen LogP contribution in [0.5, 0.6) is 5.75 Å². The molecular formula is C17H24F2IN5O. The highest BCUT2D eigenvalue weighted by Gasteiger charge is 2.05. The van der Waals surface area contributed by atoms with E-state index in [9.17, 15) is 8.78 Å². The normalized spacial score (nSPS) is 11.2. The van der Waals surface area contributed by atoms with Gasteiger partial charge in [-0.2, -0.15) is 5.10 Å². The van der Waals surface area contributed by atoms with Crippen molar-refractivity contribution in [2.45, 2.75) is 26.4 Å². The number of benzene rings is 1. The molecule has 0 bridgehead atoms. The third-order valence-corrected chi connectivity index (χ3v) is 3.40. The minimum absolute atomic E-state index is 0. The predicted molar refractivity (Wildman–Crippen MR) is 108 cm³/mol. The molecule has 0 amide bonds. The average Bonchev–Trinajstić information content (AvgIpc) is 3.01. The van der Waals surface area contributed by atoms with Crippen LogP contribution in [0.2, 0.25) is 0 Å². The Kier molecular flexibility index (Phi) is 9.92. The minimum Gasteiger partial charge on any atom is -0.488 e. The third kappa shape index (κ3) is 7.54. The quantitative estimate of drug-likeness (QED) is 0.347. The van der Waals surface area contributed by atoms with Gasteiger partial charge in [0.05, 0.1) is 18.8 Å². The molecule has 0 aliphatic carbocycles. The first kappa shape index (κ1) is 22.1. The Morgan fingerprint density at radius 2 is 2.12 bits per heavy atom. The molecule has 0 aliphatic heterocycles. The van der Waals surface area contributed by atoms with Crippen molar-refractivity contribution >= 4 is 29.9 Å². The van der Waals surface area contributed by atoms with E-state index in [1.807, 2.05) is 26.1 Å². The topological polar surface area (TPSA) is 63.5 Å². The number of aliphatic imine (C=N–C) groups is 1. The van der Waals surface area contributed by atoms with E-state index in [2.05, 4.69) is 20.7 Å². The molecule has 2 N–H and O–H groups in total. The summed E-state index contributed by atoms with van der Waals surface area (Å²) in [7, 11) is 1.88.